The van der Waals surface area contributed by atoms with Gasteiger partial charge in [0.25, 0.3) is 5.91 Å². The number of benzene rings is 1. The molecule has 0 bridgehead atoms. The largest absolute Gasteiger partial charge is 0.329 e. The second-order valence-electron chi connectivity index (χ2n) is 5.75. The van der Waals surface area contributed by atoms with Crippen molar-refractivity contribution in [3.63, 3.8) is 0 Å². The number of aromatic nitrogens is 3. The highest BCUT2D eigenvalue weighted by Crippen LogP contribution is 2.42. The number of amides is 1. The van der Waals surface area contributed by atoms with Crippen LogP contribution in [0.2, 0.25) is 0 Å². The van der Waals surface area contributed by atoms with Crippen molar-refractivity contribution in [1.29, 1.82) is 0 Å². The highest BCUT2D eigenvalue weighted by molar-refractivity contribution is 5.92. The third-order valence-electron chi connectivity index (χ3n) is 4.60. The van der Waals surface area contributed by atoms with Crippen molar-refractivity contribution in [2.75, 3.05) is 19.6 Å². The van der Waals surface area contributed by atoms with Crippen molar-refractivity contribution in [3.05, 3.63) is 47.8 Å². The van der Waals surface area contributed by atoms with E-state index in [2.05, 4.69) is 32.9 Å². The van der Waals surface area contributed by atoms with Gasteiger partial charge in [0.15, 0.2) is 5.69 Å². The molecule has 2 aromatic rings. The summed E-state index contributed by atoms with van der Waals surface area (Å²) in [5, 5.41) is 13.7. The smallest absolute Gasteiger partial charge is 0.276 e. The Balaban J connectivity index is 0.00000144. The third kappa shape index (κ3) is 2.38. The van der Waals surface area contributed by atoms with Gasteiger partial charge in [-0.05, 0) is 11.5 Å². The average Bonchev–Trinajstić information content (AvgIpc) is 3.23. The predicted octanol–water partition coefficient (Wildman–Crippen LogP) is 1.26. The Hall–Kier alpha value is -1.92. The molecule has 4 rings (SSSR count). The summed E-state index contributed by atoms with van der Waals surface area (Å²) < 4.78 is 0. The van der Waals surface area contributed by atoms with E-state index in [9.17, 15) is 4.79 Å². The van der Waals surface area contributed by atoms with Gasteiger partial charge in [0.05, 0.1) is 12.2 Å². The van der Waals surface area contributed by atoms with Gasteiger partial charge in [-0.3, -0.25) is 4.79 Å². The Kier molecular flexibility index (Phi) is 4.13. The number of hydrogen-bond acceptors (Lipinski definition) is 4. The lowest BCUT2D eigenvalue weighted by molar-refractivity contribution is 0.0708. The lowest BCUT2D eigenvalue weighted by Crippen LogP contribution is -2.34. The molecule has 3 atom stereocenters. The minimum Gasteiger partial charge on any atom is -0.329 e. The van der Waals surface area contributed by atoms with E-state index in [0.717, 1.165) is 19.6 Å². The van der Waals surface area contributed by atoms with Gasteiger partial charge >= 0.3 is 0 Å². The number of carbonyl (C=O) groups is 1. The standard InChI is InChI=1S/C15H17N5O.ClH/c21-15(13-8-17-19-18-13)20-9-11-6-16-7-12(11)14(20)10-4-2-1-3-5-10;/h1-5,8,11-12,14,16H,6-7,9H2,(H,17,18,19);1H/t11-,12-,14+;/m0./s1. The molecule has 7 heteroatoms. The van der Waals surface area contributed by atoms with Gasteiger partial charge < -0.3 is 10.2 Å². The fourth-order valence-corrected chi connectivity index (χ4v) is 3.66. The normalized spacial score (nSPS) is 26.5. The number of aromatic amines is 1. The topological polar surface area (TPSA) is 73.9 Å². The van der Waals surface area contributed by atoms with Crippen LogP contribution < -0.4 is 5.32 Å². The van der Waals surface area contributed by atoms with Gasteiger partial charge in [-0.1, -0.05) is 30.3 Å². The lowest BCUT2D eigenvalue weighted by atomic mass is 9.89. The van der Waals surface area contributed by atoms with E-state index in [1.807, 2.05) is 23.1 Å². The van der Waals surface area contributed by atoms with Crippen LogP contribution in [-0.4, -0.2) is 45.9 Å². The number of H-pyrrole nitrogens is 1. The molecule has 0 unspecified atom stereocenters. The van der Waals surface area contributed by atoms with Gasteiger partial charge in [0.1, 0.15) is 0 Å². The van der Waals surface area contributed by atoms with E-state index in [1.165, 1.54) is 11.8 Å². The second kappa shape index (κ2) is 6.06. The summed E-state index contributed by atoms with van der Waals surface area (Å²) in [6.07, 6.45) is 1.50. The molecule has 0 spiro atoms. The fourth-order valence-electron chi connectivity index (χ4n) is 3.66. The molecule has 1 amide bonds. The molecule has 0 saturated carbocycles. The molecule has 2 aliphatic rings. The van der Waals surface area contributed by atoms with Crippen molar-refractivity contribution in [3.8, 4) is 0 Å². The first-order valence-electron chi connectivity index (χ1n) is 7.27. The van der Waals surface area contributed by atoms with E-state index in [4.69, 9.17) is 0 Å². The van der Waals surface area contributed by atoms with Crippen LogP contribution in [0.25, 0.3) is 0 Å². The Labute approximate surface area is 134 Å². The average molecular weight is 320 g/mol. The predicted molar refractivity (Wildman–Crippen MR) is 83.7 cm³/mol. The van der Waals surface area contributed by atoms with Gasteiger partial charge in [0.2, 0.25) is 0 Å². The first-order valence-corrected chi connectivity index (χ1v) is 7.27. The zero-order valence-electron chi connectivity index (χ0n) is 12.0. The van der Waals surface area contributed by atoms with Crippen LogP contribution in [0.3, 0.4) is 0 Å². The first-order chi connectivity index (χ1) is 10.3. The Bertz CT molecular complexity index is 633. The zero-order valence-corrected chi connectivity index (χ0v) is 12.8. The number of nitrogens with one attached hydrogen (secondary N) is 2. The SMILES string of the molecule is Cl.O=C(c1cn[nH]n1)N1C[C@@H]2CNC[C@@H]2[C@H]1c1ccccc1. The highest BCUT2D eigenvalue weighted by Gasteiger charge is 2.47. The molecule has 1 aromatic heterocycles. The maximum absolute atomic E-state index is 12.7. The van der Waals surface area contributed by atoms with Crippen molar-refractivity contribution < 1.29 is 4.79 Å². The molecule has 6 nitrogen and oxygen atoms in total. The maximum Gasteiger partial charge on any atom is 0.276 e. The van der Waals surface area contributed by atoms with E-state index in [-0.39, 0.29) is 24.4 Å². The van der Waals surface area contributed by atoms with Crippen LogP contribution in [0, 0.1) is 11.8 Å². The molecule has 2 aliphatic heterocycles. The number of carbonyl (C=O) groups excluding carboxylic acids is 1. The Morgan fingerprint density at radius 3 is 2.77 bits per heavy atom. The minimum absolute atomic E-state index is 0. The first kappa shape index (κ1) is 15.0. The van der Waals surface area contributed by atoms with E-state index >= 15 is 0 Å². The van der Waals surface area contributed by atoms with E-state index < -0.39 is 0 Å². The highest BCUT2D eigenvalue weighted by atomic mass is 35.5. The summed E-state index contributed by atoms with van der Waals surface area (Å²) in [5.41, 5.74) is 1.59. The van der Waals surface area contributed by atoms with Crippen molar-refractivity contribution in [2.45, 2.75) is 6.04 Å². The van der Waals surface area contributed by atoms with Gasteiger partial charge in [-0.15, -0.1) is 12.4 Å². The molecule has 2 N–H and O–H groups in total. The third-order valence-corrected chi connectivity index (χ3v) is 4.60. The molecule has 0 radical (unpaired) electrons. The van der Waals surface area contributed by atoms with E-state index in [1.54, 1.807) is 0 Å². The van der Waals surface area contributed by atoms with Crippen molar-refractivity contribution >= 4 is 18.3 Å². The number of likely N-dealkylation sites (tertiary alicyclic amines) is 1. The van der Waals surface area contributed by atoms with E-state index in [0.29, 0.717) is 17.5 Å². The second-order valence-corrected chi connectivity index (χ2v) is 5.75. The van der Waals surface area contributed by atoms with Gasteiger partial charge in [-0.2, -0.15) is 15.4 Å². The number of fused-ring (bicyclic) bond motifs is 1. The molecule has 1 aromatic carbocycles. The molecular formula is C15H18ClN5O. The number of nitrogens with zero attached hydrogens (tertiary/aromatic N) is 3. The molecule has 116 valence electrons. The van der Waals surface area contributed by atoms with Gasteiger partial charge in [0, 0.05) is 25.6 Å². The fraction of sp³-hybridized carbons (Fsp3) is 0.400. The summed E-state index contributed by atoms with van der Waals surface area (Å²) in [6.45, 7) is 2.73. The van der Waals surface area contributed by atoms with Crippen molar-refractivity contribution in [1.82, 2.24) is 25.6 Å². The molecule has 2 saturated heterocycles. The maximum atomic E-state index is 12.7. The number of hydrogen-bond donors (Lipinski definition) is 2. The van der Waals surface area contributed by atoms with Crippen molar-refractivity contribution in [2.24, 2.45) is 11.8 Å². The van der Waals surface area contributed by atoms with Crippen LogP contribution in [0.1, 0.15) is 22.1 Å². The number of halogens is 1. The lowest BCUT2D eigenvalue weighted by Gasteiger charge is -2.27. The van der Waals surface area contributed by atoms with Crippen LogP contribution in [0.5, 0.6) is 0 Å². The Morgan fingerprint density at radius 1 is 1.23 bits per heavy atom. The van der Waals surface area contributed by atoms with Gasteiger partial charge in [-0.25, -0.2) is 0 Å². The molecular weight excluding hydrogens is 302 g/mol. The zero-order chi connectivity index (χ0) is 14.2. The van der Waals surface area contributed by atoms with Crippen LogP contribution in [0.15, 0.2) is 36.5 Å². The summed E-state index contributed by atoms with van der Waals surface area (Å²) in [5.74, 6) is 0.960. The summed E-state index contributed by atoms with van der Waals surface area (Å²) >= 11 is 0. The number of rotatable bonds is 2. The van der Waals surface area contributed by atoms with Crippen LogP contribution in [-0.2, 0) is 0 Å². The quantitative estimate of drug-likeness (QED) is 0.874. The summed E-state index contributed by atoms with van der Waals surface area (Å²) in [7, 11) is 0. The molecule has 2 fully saturated rings. The molecule has 3 heterocycles. The molecule has 0 aliphatic carbocycles. The monoisotopic (exact) mass is 319 g/mol. The van der Waals surface area contributed by atoms with Crippen LogP contribution in [0.4, 0.5) is 0 Å². The Morgan fingerprint density at radius 2 is 2.05 bits per heavy atom. The summed E-state index contributed by atoms with van der Waals surface area (Å²) in [6, 6.07) is 10.4. The molecule has 22 heavy (non-hydrogen) atoms. The summed E-state index contributed by atoms with van der Waals surface area (Å²) in [4.78, 5) is 14.7. The van der Waals surface area contributed by atoms with Crippen LogP contribution >= 0.6 is 12.4 Å². The minimum atomic E-state index is -0.0352.